The van der Waals surface area contributed by atoms with Crippen LogP contribution in [0, 0.1) is 16.7 Å². The number of nitrogens with zero attached hydrogens (tertiary/aromatic N) is 2. The highest BCUT2D eigenvalue weighted by molar-refractivity contribution is 7.90. The van der Waals surface area contributed by atoms with Crippen LogP contribution in [0.2, 0.25) is 0 Å². The van der Waals surface area contributed by atoms with E-state index in [9.17, 15) is 18.3 Å². The molecule has 0 aliphatic carbocycles. The van der Waals surface area contributed by atoms with Crippen molar-refractivity contribution in [2.24, 2.45) is 5.41 Å². The monoisotopic (exact) mass is 302 g/mol. The van der Waals surface area contributed by atoms with Crippen molar-refractivity contribution >= 4 is 16.0 Å². The molecule has 0 spiro atoms. The van der Waals surface area contributed by atoms with Crippen molar-refractivity contribution in [1.82, 2.24) is 4.31 Å². The van der Waals surface area contributed by atoms with Gasteiger partial charge in [-0.05, 0) is 25.7 Å². The van der Waals surface area contributed by atoms with Crippen LogP contribution in [0.4, 0.5) is 0 Å². The van der Waals surface area contributed by atoms with Crippen LogP contribution in [0.15, 0.2) is 0 Å². The minimum Gasteiger partial charge on any atom is -0.481 e. The number of nitriles is 1. The zero-order chi connectivity index (χ0) is 15.4. The minimum absolute atomic E-state index is 0.187. The molecule has 0 radical (unpaired) electrons. The summed E-state index contributed by atoms with van der Waals surface area (Å²) in [5.74, 6) is -0.844. The van der Waals surface area contributed by atoms with Crippen LogP contribution in [0.1, 0.15) is 46.0 Å². The first kappa shape index (κ1) is 16.9. The van der Waals surface area contributed by atoms with Gasteiger partial charge in [0.2, 0.25) is 10.0 Å². The number of aliphatic carboxylic acids is 1. The van der Waals surface area contributed by atoms with E-state index in [1.807, 2.05) is 13.0 Å². The topological polar surface area (TPSA) is 98.5 Å². The van der Waals surface area contributed by atoms with Gasteiger partial charge in [0.05, 0.1) is 11.5 Å². The maximum Gasteiger partial charge on any atom is 0.309 e. The molecule has 0 aromatic carbocycles. The third kappa shape index (κ3) is 3.13. The smallest absolute Gasteiger partial charge is 0.309 e. The maximum absolute atomic E-state index is 12.2. The number of hydrogen-bond acceptors (Lipinski definition) is 4. The second-order valence-corrected chi connectivity index (χ2v) is 7.42. The van der Waals surface area contributed by atoms with Gasteiger partial charge in [-0.25, -0.2) is 12.7 Å². The van der Waals surface area contributed by atoms with Gasteiger partial charge in [0.25, 0.3) is 0 Å². The molecule has 1 saturated heterocycles. The molecule has 0 aromatic heterocycles. The van der Waals surface area contributed by atoms with Crippen molar-refractivity contribution in [1.29, 1.82) is 5.26 Å². The van der Waals surface area contributed by atoms with Crippen molar-refractivity contribution in [2.45, 2.75) is 51.2 Å². The SMILES string of the molecule is CCCC1(C(=O)O)CCN(S(=O)(=O)C(C#N)CC)CC1. The lowest BCUT2D eigenvalue weighted by molar-refractivity contribution is -0.152. The molecular formula is C13H22N2O4S. The zero-order valence-corrected chi connectivity index (χ0v) is 12.8. The molecule has 1 atom stereocenters. The van der Waals surface area contributed by atoms with E-state index in [0.29, 0.717) is 19.3 Å². The molecule has 1 N–H and O–H groups in total. The standard InChI is InChI=1S/C13H22N2O4S/c1-3-5-13(12(16)17)6-8-15(9-7-13)20(18,19)11(4-2)10-14/h11H,3-9H2,1-2H3,(H,16,17). The average molecular weight is 302 g/mol. The molecule has 20 heavy (non-hydrogen) atoms. The molecule has 0 bridgehead atoms. The fourth-order valence-electron chi connectivity index (χ4n) is 2.77. The number of rotatable bonds is 6. The van der Waals surface area contributed by atoms with Crippen LogP contribution in [0.25, 0.3) is 0 Å². The van der Waals surface area contributed by atoms with Crippen molar-refractivity contribution in [3.05, 3.63) is 0 Å². The van der Waals surface area contributed by atoms with Crippen molar-refractivity contribution in [3.8, 4) is 6.07 Å². The van der Waals surface area contributed by atoms with Gasteiger partial charge >= 0.3 is 5.97 Å². The first-order valence-electron chi connectivity index (χ1n) is 6.96. The Morgan fingerprint density at radius 1 is 1.40 bits per heavy atom. The number of piperidine rings is 1. The largest absolute Gasteiger partial charge is 0.481 e. The average Bonchev–Trinajstić information content (AvgIpc) is 2.40. The fourth-order valence-corrected chi connectivity index (χ4v) is 4.37. The Kier molecular flexibility index (Phi) is 5.54. The van der Waals surface area contributed by atoms with Crippen molar-refractivity contribution in [2.75, 3.05) is 13.1 Å². The van der Waals surface area contributed by atoms with Crippen LogP contribution in [-0.2, 0) is 14.8 Å². The van der Waals surface area contributed by atoms with E-state index in [-0.39, 0.29) is 19.5 Å². The molecule has 0 saturated carbocycles. The minimum atomic E-state index is -3.64. The lowest BCUT2D eigenvalue weighted by atomic mass is 9.75. The van der Waals surface area contributed by atoms with Gasteiger partial charge in [0, 0.05) is 13.1 Å². The third-order valence-corrected chi connectivity index (χ3v) is 6.34. The quantitative estimate of drug-likeness (QED) is 0.803. The highest BCUT2D eigenvalue weighted by Crippen LogP contribution is 2.37. The van der Waals surface area contributed by atoms with Crippen molar-refractivity contribution < 1.29 is 18.3 Å². The predicted octanol–water partition coefficient (Wildman–Crippen LogP) is 1.59. The molecule has 1 unspecified atom stereocenters. The van der Waals surface area contributed by atoms with E-state index in [0.717, 1.165) is 6.42 Å². The number of sulfonamides is 1. The normalized spacial score (nSPS) is 21.1. The Morgan fingerprint density at radius 2 is 1.95 bits per heavy atom. The lowest BCUT2D eigenvalue weighted by Crippen LogP contribution is -2.48. The summed E-state index contributed by atoms with van der Waals surface area (Å²) < 4.78 is 25.8. The summed E-state index contributed by atoms with van der Waals surface area (Å²) >= 11 is 0. The third-order valence-electron chi connectivity index (χ3n) is 4.10. The summed E-state index contributed by atoms with van der Waals surface area (Å²) in [4.78, 5) is 11.4. The second-order valence-electron chi connectivity index (χ2n) is 5.31. The summed E-state index contributed by atoms with van der Waals surface area (Å²) in [5.41, 5.74) is -0.810. The molecule has 1 aliphatic rings. The molecule has 0 aromatic rings. The summed E-state index contributed by atoms with van der Waals surface area (Å²) in [7, 11) is -3.64. The number of hydrogen-bond donors (Lipinski definition) is 1. The molecule has 7 heteroatoms. The van der Waals surface area contributed by atoms with Crippen LogP contribution in [-0.4, -0.2) is 42.1 Å². The highest BCUT2D eigenvalue weighted by Gasteiger charge is 2.44. The predicted molar refractivity (Wildman–Crippen MR) is 74.4 cm³/mol. The molecular weight excluding hydrogens is 280 g/mol. The number of carboxylic acid groups (broad SMARTS) is 1. The summed E-state index contributed by atoms with van der Waals surface area (Å²) in [5, 5.41) is 17.3. The number of carboxylic acids is 1. The van der Waals surface area contributed by atoms with Crippen LogP contribution >= 0.6 is 0 Å². The van der Waals surface area contributed by atoms with Crippen LogP contribution in [0.3, 0.4) is 0 Å². The van der Waals surface area contributed by atoms with Gasteiger partial charge < -0.3 is 5.11 Å². The highest BCUT2D eigenvalue weighted by atomic mass is 32.2. The van der Waals surface area contributed by atoms with Crippen LogP contribution in [0.5, 0.6) is 0 Å². The first-order valence-corrected chi connectivity index (χ1v) is 8.46. The lowest BCUT2D eigenvalue weighted by Gasteiger charge is -2.38. The molecule has 114 valence electrons. The Hall–Kier alpha value is -1.13. The molecule has 6 nitrogen and oxygen atoms in total. The maximum atomic E-state index is 12.2. The van der Waals surface area contributed by atoms with E-state index in [2.05, 4.69) is 0 Å². The molecule has 1 rings (SSSR count). The van der Waals surface area contributed by atoms with Gasteiger partial charge in [-0.3, -0.25) is 4.79 Å². The van der Waals surface area contributed by atoms with Gasteiger partial charge in [-0.1, -0.05) is 20.3 Å². The Morgan fingerprint density at radius 3 is 2.30 bits per heavy atom. The number of carbonyl (C=O) groups is 1. The van der Waals surface area contributed by atoms with Crippen LogP contribution < -0.4 is 0 Å². The Labute approximate surface area is 120 Å². The molecule has 0 amide bonds. The van der Waals surface area contributed by atoms with E-state index in [1.165, 1.54) is 4.31 Å². The van der Waals surface area contributed by atoms with Gasteiger partial charge in [0.15, 0.2) is 5.25 Å². The zero-order valence-electron chi connectivity index (χ0n) is 12.0. The first-order chi connectivity index (χ1) is 9.34. The van der Waals surface area contributed by atoms with Crippen molar-refractivity contribution in [3.63, 3.8) is 0 Å². The van der Waals surface area contributed by atoms with E-state index in [4.69, 9.17) is 5.26 Å². The fraction of sp³-hybridized carbons (Fsp3) is 0.846. The Bertz CT molecular complexity index is 487. The summed E-state index contributed by atoms with van der Waals surface area (Å²) in [6.45, 7) is 3.96. The molecule has 1 aliphatic heterocycles. The summed E-state index contributed by atoms with van der Waals surface area (Å²) in [6.07, 6.45) is 2.20. The summed E-state index contributed by atoms with van der Waals surface area (Å²) in [6, 6.07) is 1.81. The second kappa shape index (κ2) is 6.55. The van der Waals surface area contributed by atoms with Gasteiger partial charge in [-0.15, -0.1) is 0 Å². The molecule has 1 heterocycles. The molecule has 1 fully saturated rings. The van der Waals surface area contributed by atoms with E-state index >= 15 is 0 Å². The van der Waals surface area contributed by atoms with E-state index in [1.54, 1.807) is 6.92 Å². The van der Waals surface area contributed by atoms with E-state index < -0.39 is 26.7 Å². The van der Waals surface area contributed by atoms with Gasteiger partial charge in [-0.2, -0.15) is 5.26 Å². The Balaban J connectivity index is 2.85. The van der Waals surface area contributed by atoms with Gasteiger partial charge in [0.1, 0.15) is 0 Å².